The molecule has 110 valence electrons. The topological polar surface area (TPSA) is 75.6 Å². The summed E-state index contributed by atoms with van der Waals surface area (Å²) in [5.74, 6) is -1.07. The number of rotatable bonds is 7. The van der Waals surface area contributed by atoms with E-state index >= 15 is 0 Å². The summed E-state index contributed by atoms with van der Waals surface area (Å²) in [5.41, 5.74) is 0.910. The molecule has 0 radical (unpaired) electrons. The molecule has 0 saturated carbocycles. The number of carbonyl (C=O) groups is 2. The highest BCUT2D eigenvalue weighted by Gasteiger charge is 2.24. The molecule has 0 spiro atoms. The molecule has 0 saturated heterocycles. The van der Waals surface area contributed by atoms with Crippen molar-refractivity contribution in [3.05, 3.63) is 35.9 Å². The van der Waals surface area contributed by atoms with E-state index in [9.17, 15) is 14.7 Å². The van der Waals surface area contributed by atoms with Crippen molar-refractivity contribution in [1.29, 1.82) is 0 Å². The van der Waals surface area contributed by atoms with Gasteiger partial charge in [0.15, 0.2) is 0 Å². The Morgan fingerprint density at radius 3 is 2.50 bits per heavy atom. The predicted molar refractivity (Wildman–Crippen MR) is 75.0 cm³/mol. The molecule has 0 aromatic heterocycles. The third-order valence-electron chi connectivity index (χ3n) is 2.95. The maximum Gasteiger partial charge on any atom is 0.328 e. The number of benzene rings is 1. The standard InChI is InChI=1S/C15H21NO4/c1-3-7-13(17)14(18)16-12(15(19)20-2)10-11-8-5-4-6-9-11/h4-6,8-9,12-13,17H,3,7,10H2,1-2H3,(H,16,18). The van der Waals surface area contributed by atoms with E-state index in [1.54, 1.807) is 0 Å². The van der Waals surface area contributed by atoms with Crippen LogP contribution >= 0.6 is 0 Å². The maximum atomic E-state index is 11.8. The van der Waals surface area contributed by atoms with Gasteiger partial charge < -0.3 is 15.2 Å². The average molecular weight is 279 g/mol. The van der Waals surface area contributed by atoms with E-state index in [2.05, 4.69) is 10.1 Å². The highest BCUT2D eigenvalue weighted by Crippen LogP contribution is 2.06. The van der Waals surface area contributed by atoms with Crippen LogP contribution in [0.2, 0.25) is 0 Å². The monoisotopic (exact) mass is 279 g/mol. The van der Waals surface area contributed by atoms with Crippen molar-refractivity contribution in [2.75, 3.05) is 7.11 Å². The zero-order chi connectivity index (χ0) is 15.0. The molecule has 0 bridgehead atoms. The SMILES string of the molecule is CCCC(O)C(=O)NC(Cc1ccccc1)C(=O)OC. The highest BCUT2D eigenvalue weighted by molar-refractivity contribution is 5.86. The molecule has 0 aliphatic heterocycles. The Hall–Kier alpha value is -1.88. The Balaban J connectivity index is 2.70. The Kier molecular flexibility index (Phi) is 6.73. The number of nitrogens with one attached hydrogen (secondary N) is 1. The first-order valence-electron chi connectivity index (χ1n) is 6.68. The second-order valence-electron chi connectivity index (χ2n) is 4.58. The van der Waals surface area contributed by atoms with E-state index in [4.69, 9.17) is 0 Å². The number of esters is 1. The van der Waals surface area contributed by atoms with Gasteiger partial charge in [-0.1, -0.05) is 43.7 Å². The van der Waals surface area contributed by atoms with Crippen molar-refractivity contribution in [3.63, 3.8) is 0 Å². The summed E-state index contributed by atoms with van der Waals surface area (Å²) in [5, 5.41) is 12.2. The molecule has 0 aliphatic rings. The molecule has 5 heteroatoms. The molecule has 1 aromatic carbocycles. The number of carbonyl (C=O) groups excluding carboxylic acids is 2. The second-order valence-corrected chi connectivity index (χ2v) is 4.58. The fourth-order valence-electron chi connectivity index (χ4n) is 1.86. The van der Waals surface area contributed by atoms with Crippen molar-refractivity contribution in [2.45, 2.75) is 38.3 Å². The Labute approximate surface area is 118 Å². The molecular formula is C15H21NO4. The van der Waals surface area contributed by atoms with Gasteiger partial charge >= 0.3 is 5.97 Å². The first-order chi connectivity index (χ1) is 9.58. The van der Waals surface area contributed by atoms with Gasteiger partial charge in [-0.25, -0.2) is 4.79 Å². The van der Waals surface area contributed by atoms with Gasteiger partial charge in [0.2, 0.25) is 5.91 Å². The van der Waals surface area contributed by atoms with Gasteiger partial charge in [0.1, 0.15) is 12.1 Å². The third kappa shape index (κ3) is 5.01. The summed E-state index contributed by atoms with van der Waals surface area (Å²) in [6.45, 7) is 1.87. The first-order valence-corrected chi connectivity index (χ1v) is 6.68. The highest BCUT2D eigenvalue weighted by atomic mass is 16.5. The van der Waals surface area contributed by atoms with E-state index in [0.29, 0.717) is 19.3 Å². The Bertz CT molecular complexity index is 433. The number of aliphatic hydroxyl groups excluding tert-OH is 1. The quantitative estimate of drug-likeness (QED) is 0.731. The van der Waals surface area contributed by atoms with Gasteiger partial charge in [0.25, 0.3) is 0 Å². The lowest BCUT2D eigenvalue weighted by Crippen LogP contribution is -2.47. The zero-order valence-corrected chi connectivity index (χ0v) is 11.8. The summed E-state index contributed by atoms with van der Waals surface area (Å²) < 4.78 is 4.69. The van der Waals surface area contributed by atoms with Crippen molar-refractivity contribution >= 4 is 11.9 Å². The first kappa shape index (κ1) is 16.2. The van der Waals surface area contributed by atoms with Crippen LogP contribution in [0.3, 0.4) is 0 Å². The van der Waals surface area contributed by atoms with Crippen LogP contribution in [0.4, 0.5) is 0 Å². The van der Waals surface area contributed by atoms with Crippen molar-refractivity contribution in [1.82, 2.24) is 5.32 Å². The van der Waals surface area contributed by atoms with Crippen LogP contribution in [-0.4, -0.2) is 36.2 Å². The molecule has 1 aromatic rings. The third-order valence-corrected chi connectivity index (χ3v) is 2.95. The average Bonchev–Trinajstić information content (AvgIpc) is 2.47. The molecule has 1 rings (SSSR count). The van der Waals surface area contributed by atoms with Crippen LogP contribution < -0.4 is 5.32 Å². The smallest absolute Gasteiger partial charge is 0.328 e. The van der Waals surface area contributed by atoms with Gasteiger partial charge in [0.05, 0.1) is 7.11 Å². The fourth-order valence-corrected chi connectivity index (χ4v) is 1.86. The summed E-state index contributed by atoms with van der Waals surface area (Å²) in [6, 6.07) is 8.53. The Morgan fingerprint density at radius 1 is 1.30 bits per heavy atom. The molecule has 0 fully saturated rings. The predicted octanol–water partition coefficient (Wildman–Crippen LogP) is 1.05. The number of hydrogen-bond acceptors (Lipinski definition) is 4. The molecule has 2 unspecified atom stereocenters. The van der Waals surface area contributed by atoms with Crippen molar-refractivity contribution in [2.24, 2.45) is 0 Å². The van der Waals surface area contributed by atoms with Crippen LogP contribution in [0.15, 0.2) is 30.3 Å². The lowest BCUT2D eigenvalue weighted by molar-refractivity contribution is -0.146. The van der Waals surface area contributed by atoms with Crippen LogP contribution in [0.5, 0.6) is 0 Å². The van der Waals surface area contributed by atoms with Gasteiger partial charge in [-0.05, 0) is 12.0 Å². The van der Waals surface area contributed by atoms with Crippen molar-refractivity contribution < 1.29 is 19.4 Å². The van der Waals surface area contributed by atoms with Crippen molar-refractivity contribution in [3.8, 4) is 0 Å². The molecule has 1 amide bonds. The van der Waals surface area contributed by atoms with Gasteiger partial charge in [0, 0.05) is 6.42 Å². The lowest BCUT2D eigenvalue weighted by atomic mass is 10.1. The van der Waals surface area contributed by atoms with E-state index in [0.717, 1.165) is 5.56 Å². The summed E-state index contributed by atoms with van der Waals surface area (Å²) in [6.07, 6.45) is 0.294. The molecule has 5 nitrogen and oxygen atoms in total. The van der Waals surface area contributed by atoms with E-state index in [-0.39, 0.29) is 0 Å². The minimum absolute atomic E-state index is 0.331. The van der Waals surface area contributed by atoms with E-state index in [1.807, 2.05) is 37.3 Å². The number of amides is 1. The Morgan fingerprint density at radius 2 is 1.95 bits per heavy atom. The van der Waals surface area contributed by atoms with E-state index in [1.165, 1.54) is 7.11 Å². The zero-order valence-electron chi connectivity index (χ0n) is 11.8. The summed E-state index contributed by atoms with van der Waals surface area (Å²) in [7, 11) is 1.27. The molecule has 2 N–H and O–H groups in total. The fraction of sp³-hybridized carbons (Fsp3) is 0.467. The van der Waals surface area contributed by atoms with Crippen LogP contribution in [0.25, 0.3) is 0 Å². The largest absolute Gasteiger partial charge is 0.467 e. The maximum absolute atomic E-state index is 11.8. The van der Waals surface area contributed by atoms with Gasteiger partial charge in [-0.2, -0.15) is 0 Å². The minimum Gasteiger partial charge on any atom is -0.467 e. The van der Waals surface area contributed by atoms with Crippen LogP contribution in [0.1, 0.15) is 25.3 Å². The second kappa shape index (κ2) is 8.32. The van der Waals surface area contributed by atoms with Gasteiger partial charge in [-0.3, -0.25) is 4.79 Å². The normalized spacial score (nSPS) is 13.3. The number of ether oxygens (including phenoxy) is 1. The van der Waals surface area contributed by atoms with E-state index < -0.39 is 24.0 Å². The summed E-state index contributed by atoms with van der Waals surface area (Å²) in [4.78, 5) is 23.5. The number of aliphatic hydroxyl groups is 1. The molecular weight excluding hydrogens is 258 g/mol. The number of hydrogen-bond donors (Lipinski definition) is 2. The summed E-state index contributed by atoms with van der Waals surface area (Å²) >= 11 is 0. The van der Waals surface area contributed by atoms with Gasteiger partial charge in [-0.15, -0.1) is 0 Å². The molecule has 0 heterocycles. The van der Waals surface area contributed by atoms with Crippen LogP contribution in [-0.2, 0) is 20.7 Å². The molecule has 0 aliphatic carbocycles. The minimum atomic E-state index is -1.09. The number of methoxy groups -OCH3 is 1. The van der Waals surface area contributed by atoms with Crippen LogP contribution in [0, 0.1) is 0 Å². The molecule has 2 atom stereocenters. The lowest BCUT2D eigenvalue weighted by Gasteiger charge is -2.18. The molecule has 20 heavy (non-hydrogen) atoms.